The van der Waals surface area contributed by atoms with E-state index in [2.05, 4.69) is 0 Å². The number of aromatic carboxylic acids is 2. The van der Waals surface area contributed by atoms with Gasteiger partial charge in [0.1, 0.15) is 0 Å². The van der Waals surface area contributed by atoms with Crippen molar-refractivity contribution in [1.82, 2.24) is 0 Å². The van der Waals surface area contributed by atoms with Gasteiger partial charge in [0.05, 0.1) is 32.9 Å². The number of carbonyl (C=O) groups is 2. The molecule has 2 aromatic carbocycles. The maximum atomic E-state index is 10.3. The second kappa shape index (κ2) is 9.75. The van der Waals surface area contributed by atoms with Crippen molar-refractivity contribution in [3.63, 3.8) is 0 Å². The van der Waals surface area contributed by atoms with Gasteiger partial charge in [0.25, 0.3) is 11.4 Å². The van der Waals surface area contributed by atoms with Gasteiger partial charge in [-0.3, -0.25) is 20.2 Å². The average Bonchev–Trinajstić information content (AvgIpc) is 2.55. The molecule has 0 aromatic heterocycles. The molecule has 0 fully saturated rings. The number of benzene rings is 2. The molecule has 133 valence electrons. The zero-order valence-electron chi connectivity index (χ0n) is 12.1. The summed E-state index contributed by atoms with van der Waals surface area (Å²) in [4.78, 5) is 39.6. The molecule has 0 heterocycles. The van der Waals surface area contributed by atoms with Crippen LogP contribution in [-0.2, 0) is 17.1 Å². The summed E-state index contributed by atoms with van der Waals surface area (Å²) >= 11 is 0. The normalized spacial score (nSPS) is 8.96. The summed E-state index contributed by atoms with van der Waals surface area (Å²) in [5.41, 5.74) is -1.69. The zero-order valence-corrected chi connectivity index (χ0v) is 13.0. The summed E-state index contributed by atoms with van der Waals surface area (Å²) < 4.78 is 0. The van der Waals surface area contributed by atoms with Crippen LogP contribution < -0.4 is 10.2 Å². The first-order chi connectivity index (χ1) is 11.3. The Kier molecular flexibility index (Phi) is 8.47. The Labute approximate surface area is 150 Å². The van der Waals surface area contributed by atoms with E-state index in [0.29, 0.717) is 0 Å². The number of carboxylic acids is 2. The van der Waals surface area contributed by atoms with Gasteiger partial charge in [0.15, 0.2) is 0 Å². The molecule has 1 radical (unpaired) electrons. The molecule has 25 heavy (non-hydrogen) atoms. The van der Waals surface area contributed by atoms with E-state index in [1.54, 1.807) is 0 Å². The SMILES string of the molecule is O=C([O-])c1ccccc1[N+](=O)[O-].O=C([O-])c1ccccc1[N+](=O)[O-].[Cu+2]. The average molecular weight is 396 g/mol. The number of hydrogen-bond donors (Lipinski definition) is 0. The number of hydrogen-bond acceptors (Lipinski definition) is 8. The summed E-state index contributed by atoms with van der Waals surface area (Å²) in [6.07, 6.45) is 0. The Morgan fingerprint density at radius 3 is 1.16 bits per heavy atom. The van der Waals surface area contributed by atoms with Crippen molar-refractivity contribution < 1.29 is 46.7 Å². The number of para-hydroxylation sites is 2. The second-order valence-electron chi connectivity index (χ2n) is 4.12. The van der Waals surface area contributed by atoms with Crippen LogP contribution in [0.25, 0.3) is 0 Å². The molecule has 0 saturated carbocycles. The summed E-state index contributed by atoms with van der Waals surface area (Å²) in [5, 5.41) is 41.1. The Bertz CT molecular complexity index is 675. The van der Waals surface area contributed by atoms with Crippen molar-refractivity contribution in [1.29, 1.82) is 0 Å². The molecule has 0 aliphatic carbocycles. The summed E-state index contributed by atoms with van der Waals surface area (Å²) in [6.45, 7) is 0. The number of nitrogens with zero attached hydrogens (tertiary/aromatic N) is 2. The minimum absolute atomic E-state index is 0. The van der Waals surface area contributed by atoms with Gasteiger partial charge in [-0.15, -0.1) is 0 Å². The molecule has 0 saturated heterocycles. The van der Waals surface area contributed by atoms with Crippen LogP contribution >= 0.6 is 0 Å². The predicted molar refractivity (Wildman–Crippen MR) is 74.9 cm³/mol. The van der Waals surface area contributed by atoms with Gasteiger partial charge in [-0.05, 0) is 12.1 Å². The first-order valence-electron chi connectivity index (χ1n) is 6.15. The Balaban J connectivity index is 0.000000443. The van der Waals surface area contributed by atoms with Crippen LogP contribution in [0.1, 0.15) is 20.7 Å². The Hall–Kier alpha value is -3.30. The van der Waals surface area contributed by atoms with Crippen molar-refractivity contribution >= 4 is 23.3 Å². The number of rotatable bonds is 4. The molecule has 0 spiro atoms. The molecular formula is C14H8CuN2O8. The van der Waals surface area contributed by atoms with Crippen molar-refractivity contribution in [3.8, 4) is 0 Å². The third kappa shape index (κ3) is 6.01. The molecule has 0 aliphatic heterocycles. The van der Waals surface area contributed by atoms with Crippen LogP contribution in [0.2, 0.25) is 0 Å². The standard InChI is InChI=1S/2C7H5NO4.Cu/c2*9-7(10)5-3-1-2-4-6(5)8(11)12;/h2*1-4H,(H,9,10);/q;;+2/p-2. The van der Waals surface area contributed by atoms with Crippen molar-refractivity contribution in [2.45, 2.75) is 0 Å². The van der Waals surface area contributed by atoms with E-state index in [1.165, 1.54) is 24.3 Å². The molecule has 0 aliphatic rings. The smallest absolute Gasteiger partial charge is 0.545 e. The van der Waals surface area contributed by atoms with Crippen LogP contribution in [0.15, 0.2) is 48.5 Å². The van der Waals surface area contributed by atoms with Crippen molar-refractivity contribution in [2.75, 3.05) is 0 Å². The maximum absolute atomic E-state index is 10.3. The van der Waals surface area contributed by atoms with Gasteiger partial charge in [-0.2, -0.15) is 0 Å². The molecule has 0 unspecified atom stereocenters. The van der Waals surface area contributed by atoms with Crippen molar-refractivity contribution in [2.24, 2.45) is 0 Å². The van der Waals surface area contributed by atoms with E-state index in [1.807, 2.05) is 0 Å². The van der Waals surface area contributed by atoms with E-state index < -0.39 is 44.3 Å². The van der Waals surface area contributed by atoms with Crippen LogP contribution in [0.3, 0.4) is 0 Å². The molecule has 0 N–H and O–H groups in total. The number of carboxylic acid groups (broad SMARTS) is 2. The van der Waals surface area contributed by atoms with E-state index in [9.17, 15) is 40.0 Å². The second-order valence-corrected chi connectivity index (χ2v) is 4.12. The van der Waals surface area contributed by atoms with E-state index in [4.69, 9.17) is 0 Å². The van der Waals surface area contributed by atoms with Gasteiger partial charge in [-0.1, -0.05) is 24.3 Å². The molecular weight excluding hydrogens is 388 g/mol. The van der Waals surface area contributed by atoms with Gasteiger partial charge >= 0.3 is 17.1 Å². The number of carbonyl (C=O) groups excluding carboxylic acids is 2. The summed E-state index contributed by atoms with van der Waals surface area (Å²) in [7, 11) is 0. The Morgan fingerprint density at radius 2 is 0.960 bits per heavy atom. The number of nitro benzene ring substituents is 2. The van der Waals surface area contributed by atoms with Gasteiger partial charge < -0.3 is 19.8 Å². The van der Waals surface area contributed by atoms with Gasteiger partial charge in [0.2, 0.25) is 0 Å². The molecule has 11 heteroatoms. The fourth-order valence-electron chi connectivity index (χ4n) is 1.61. The van der Waals surface area contributed by atoms with Crippen LogP contribution in [0.5, 0.6) is 0 Å². The third-order valence-electron chi connectivity index (χ3n) is 2.64. The number of nitro groups is 2. The molecule has 0 amide bonds. The van der Waals surface area contributed by atoms with Crippen LogP contribution in [-0.4, -0.2) is 21.8 Å². The van der Waals surface area contributed by atoms with Crippen LogP contribution in [0.4, 0.5) is 11.4 Å². The van der Waals surface area contributed by atoms with E-state index >= 15 is 0 Å². The first-order valence-corrected chi connectivity index (χ1v) is 6.15. The molecule has 10 nitrogen and oxygen atoms in total. The van der Waals surface area contributed by atoms with E-state index in [0.717, 1.165) is 24.3 Å². The minimum atomic E-state index is -1.54. The molecule has 2 aromatic rings. The van der Waals surface area contributed by atoms with Gasteiger partial charge in [-0.25, -0.2) is 0 Å². The fourth-order valence-corrected chi connectivity index (χ4v) is 1.61. The first kappa shape index (κ1) is 21.7. The predicted octanol–water partition coefficient (Wildman–Crippen LogP) is -0.0859. The zero-order chi connectivity index (χ0) is 18.3. The van der Waals surface area contributed by atoms with E-state index in [-0.39, 0.29) is 17.1 Å². The summed E-state index contributed by atoms with van der Waals surface area (Å²) in [5.74, 6) is -3.08. The van der Waals surface area contributed by atoms with Crippen molar-refractivity contribution in [3.05, 3.63) is 79.9 Å². The monoisotopic (exact) mass is 395 g/mol. The maximum Gasteiger partial charge on any atom is 2.00 e. The fraction of sp³-hybridized carbons (Fsp3) is 0. The molecule has 2 rings (SSSR count). The van der Waals surface area contributed by atoms with Crippen LogP contribution in [0, 0.1) is 20.2 Å². The minimum Gasteiger partial charge on any atom is -0.545 e. The Morgan fingerprint density at radius 1 is 0.680 bits per heavy atom. The largest absolute Gasteiger partial charge is 2.00 e. The summed E-state index contributed by atoms with van der Waals surface area (Å²) in [6, 6.07) is 10.1. The molecule has 0 atom stereocenters. The topological polar surface area (TPSA) is 167 Å². The van der Waals surface area contributed by atoms with Gasteiger partial charge in [0, 0.05) is 12.1 Å². The molecule has 0 bridgehead atoms. The third-order valence-corrected chi connectivity index (χ3v) is 2.64. The quantitative estimate of drug-likeness (QED) is 0.393.